The number of para-hydroxylation sites is 1. The molecule has 1 saturated carbocycles. The third-order valence-corrected chi connectivity index (χ3v) is 4.23. The average Bonchev–Trinajstić information content (AvgIpc) is 2.59. The lowest BCUT2D eigenvalue weighted by atomic mass is 9.85. The monoisotopic (exact) mass is 302 g/mol. The van der Waals surface area contributed by atoms with Gasteiger partial charge in [-0.25, -0.2) is 0 Å². The van der Waals surface area contributed by atoms with E-state index in [1.165, 1.54) is 7.11 Å². The number of carbonyl (C=O) groups excluding carboxylic acids is 1. The molecule has 0 heterocycles. The standard InChI is InChI=1S/C17H22N2O3/c1-22-15-10-6-5-9-13(15)14(11-18)19-17(21)16(20)12-7-3-2-4-8-12/h5-6,9-10,12,14,16,20H,2-4,7-8H2,1H3,(H,19,21). The minimum atomic E-state index is -1.05. The van der Waals surface area contributed by atoms with Crippen molar-refractivity contribution in [1.82, 2.24) is 5.32 Å². The van der Waals surface area contributed by atoms with E-state index in [2.05, 4.69) is 11.4 Å². The molecule has 1 fully saturated rings. The van der Waals surface area contributed by atoms with Gasteiger partial charge in [-0.05, 0) is 24.8 Å². The third kappa shape index (κ3) is 3.77. The molecule has 2 atom stereocenters. The molecule has 22 heavy (non-hydrogen) atoms. The van der Waals surface area contributed by atoms with Gasteiger partial charge < -0.3 is 15.2 Å². The number of rotatable bonds is 5. The van der Waals surface area contributed by atoms with Crippen molar-refractivity contribution in [3.63, 3.8) is 0 Å². The van der Waals surface area contributed by atoms with Gasteiger partial charge in [0.2, 0.25) is 5.91 Å². The Bertz CT molecular complexity index is 547. The zero-order chi connectivity index (χ0) is 15.9. The molecule has 0 bridgehead atoms. The van der Waals surface area contributed by atoms with Crippen LogP contribution < -0.4 is 10.1 Å². The summed E-state index contributed by atoms with van der Waals surface area (Å²) in [5.41, 5.74) is 0.594. The first-order chi connectivity index (χ1) is 10.7. The van der Waals surface area contributed by atoms with Gasteiger partial charge in [-0.2, -0.15) is 5.26 Å². The van der Waals surface area contributed by atoms with E-state index in [1.807, 2.05) is 0 Å². The largest absolute Gasteiger partial charge is 0.496 e. The number of methoxy groups -OCH3 is 1. The van der Waals surface area contributed by atoms with E-state index < -0.39 is 18.1 Å². The molecule has 118 valence electrons. The van der Waals surface area contributed by atoms with E-state index >= 15 is 0 Å². The van der Waals surface area contributed by atoms with Crippen LogP contribution >= 0.6 is 0 Å². The first kappa shape index (κ1) is 16.3. The van der Waals surface area contributed by atoms with Gasteiger partial charge in [0.15, 0.2) is 0 Å². The summed E-state index contributed by atoms with van der Waals surface area (Å²) in [6, 6.07) is 8.29. The molecule has 2 rings (SSSR count). The van der Waals surface area contributed by atoms with Crippen molar-refractivity contribution in [2.24, 2.45) is 5.92 Å². The Labute approximate surface area is 130 Å². The highest BCUT2D eigenvalue weighted by molar-refractivity contribution is 5.81. The minimum Gasteiger partial charge on any atom is -0.496 e. The van der Waals surface area contributed by atoms with Gasteiger partial charge in [0, 0.05) is 5.56 Å². The summed E-state index contributed by atoms with van der Waals surface area (Å²) in [5, 5.41) is 22.2. The maximum absolute atomic E-state index is 12.2. The van der Waals surface area contributed by atoms with Crippen LogP contribution in [0.15, 0.2) is 24.3 Å². The first-order valence-electron chi connectivity index (χ1n) is 7.68. The number of nitriles is 1. The molecule has 0 spiro atoms. The predicted octanol–water partition coefficient (Wildman–Crippen LogP) is 2.32. The summed E-state index contributed by atoms with van der Waals surface area (Å²) in [5.74, 6) is 0.0524. The Kier molecular flexibility index (Phi) is 5.79. The van der Waals surface area contributed by atoms with Crippen molar-refractivity contribution in [2.75, 3.05) is 7.11 Å². The average molecular weight is 302 g/mol. The van der Waals surface area contributed by atoms with E-state index in [4.69, 9.17) is 4.74 Å². The molecule has 0 radical (unpaired) electrons. The molecular formula is C17H22N2O3. The van der Waals surface area contributed by atoms with Gasteiger partial charge in [0.05, 0.1) is 13.2 Å². The van der Waals surface area contributed by atoms with Crippen LogP contribution in [-0.4, -0.2) is 24.2 Å². The Balaban J connectivity index is 2.06. The summed E-state index contributed by atoms with van der Waals surface area (Å²) >= 11 is 0. The molecule has 2 unspecified atom stereocenters. The van der Waals surface area contributed by atoms with Crippen LogP contribution in [0.25, 0.3) is 0 Å². The van der Waals surface area contributed by atoms with E-state index in [9.17, 15) is 15.2 Å². The highest BCUT2D eigenvalue weighted by Gasteiger charge is 2.29. The Hall–Kier alpha value is -2.06. The number of aliphatic hydroxyl groups is 1. The fourth-order valence-corrected chi connectivity index (χ4v) is 2.98. The van der Waals surface area contributed by atoms with E-state index in [-0.39, 0.29) is 5.92 Å². The van der Waals surface area contributed by atoms with E-state index in [0.29, 0.717) is 11.3 Å². The van der Waals surface area contributed by atoms with Crippen LogP contribution in [-0.2, 0) is 4.79 Å². The molecule has 1 amide bonds. The lowest BCUT2D eigenvalue weighted by molar-refractivity contribution is -0.133. The molecule has 1 aliphatic rings. The third-order valence-electron chi connectivity index (χ3n) is 4.23. The molecule has 0 saturated heterocycles. The molecule has 5 nitrogen and oxygen atoms in total. The fourth-order valence-electron chi connectivity index (χ4n) is 2.98. The van der Waals surface area contributed by atoms with Gasteiger partial charge in [0.25, 0.3) is 0 Å². The number of nitrogens with zero attached hydrogens (tertiary/aromatic N) is 1. The SMILES string of the molecule is COc1ccccc1C(C#N)NC(=O)C(O)C1CCCCC1. The summed E-state index contributed by atoms with van der Waals surface area (Å²) in [7, 11) is 1.52. The lowest BCUT2D eigenvalue weighted by Gasteiger charge is -2.26. The minimum absolute atomic E-state index is 0.00855. The van der Waals surface area contributed by atoms with E-state index in [1.54, 1.807) is 24.3 Å². The number of hydrogen-bond acceptors (Lipinski definition) is 4. The summed E-state index contributed by atoms with van der Waals surface area (Å²) in [6.07, 6.45) is 3.92. The molecule has 0 aromatic heterocycles. The highest BCUT2D eigenvalue weighted by Crippen LogP contribution is 2.28. The zero-order valence-corrected chi connectivity index (χ0v) is 12.8. The van der Waals surface area contributed by atoms with Crippen molar-refractivity contribution in [2.45, 2.75) is 44.2 Å². The molecule has 1 aromatic rings. The quantitative estimate of drug-likeness (QED) is 0.874. The number of carbonyl (C=O) groups is 1. The number of amides is 1. The van der Waals surface area contributed by atoms with Gasteiger partial charge in [0.1, 0.15) is 17.9 Å². The Morgan fingerprint density at radius 2 is 2.05 bits per heavy atom. The van der Waals surface area contributed by atoms with Crippen molar-refractivity contribution in [1.29, 1.82) is 5.26 Å². The zero-order valence-electron chi connectivity index (χ0n) is 12.8. The molecule has 2 N–H and O–H groups in total. The first-order valence-corrected chi connectivity index (χ1v) is 7.68. The summed E-state index contributed by atoms with van der Waals surface area (Å²) in [6.45, 7) is 0. The number of hydrogen-bond donors (Lipinski definition) is 2. The second-order valence-electron chi connectivity index (χ2n) is 5.66. The van der Waals surface area contributed by atoms with Crippen LogP contribution in [0, 0.1) is 17.2 Å². The number of ether oxygens (including phenoxy) is 1. The van der Waals surface area contributed by atoms with Crippen molar-refractivity contribution in [3.05, 3.63) is 29.8 Å². The van der Waals surface area contributed by atoms with Crippen LogP contribution in [0.4, 0.5) is 0 Å². The second-order valence-corrected chi connectivity index (χ2v) is 5.66. The summed E-state index contributed by atoms with van der Waals surface area (Å²) < 4.78 is 5.22. The highest BCUT2D eigenvalue weighted by atomic mass is 16.5. The molecular weight excluding hydrogens is 280 g/mol. The maximum atomic E-state index is 12.2. The smallest absolute Gasteiger partial charge is 0.250 e. The van der Waals surface area contributed by atoms with Crippen molar-refractivity contribution >= 4 is 5.91 Å². The van der Waals surface area contributed by atoms with Gasteiger partial charge >= 0.3 is 0 Å². The van der Waals surface area contributed by atoms with Gasteiger partial charge in [-0.15, -0.1) is 0 Å². The molecule has 5 heteroatoms. The molecule has 0 aliphatic heterocycles. The Morgan fingerprint density at radius 3 is 2.68 bits per heavy atom. The summed E-state index contributed by atoms with van der Waals surface area (Å²) in [4.78, 5) is 12.2. The normalized spacial score (nSPS) is 18.0. The van der Waals surface area contributed by atoms with Gasteiger partial charge in [-0.3, -0.25) is 4.79 Å². The lowest BCUT2D eigenvalue weighted by Crippen LogP contribution is -2.41. The van der Waals surface area contributed by atoms with Crippen LogP contribution in [0.3, 0.4) is 0 Å². The van der Waals surface area contributed by atoms with Gasteiger partial charge in [-0.1, -0.05) is 37.5 Å². The number of nitrogens with one attached hydrogen (secondary N) is 1. The maximum Gasteiger partial charge on any atom is 0.250 e. The molecule has 1 aliphatic carbocycles. The van der Waals surface area contributed by atoms with Crippen LogP contribution in [0.1, 0.15) is 43.7 Å². The van der Waals surface area contributed by atoms with E-state index in [0.717, 1.165) is 32.1 Å². The van der Waals surface area contributed by atoms with Crippen molar-refractivity contribution < 1.29 is 14.6 Å². The van der Waals surface area contributed by atoms with Crippen LogP contribution in [0.5, 0.6) is 5.75 Å². The Morgan fingerprint density at radius 1 is 1.36 bits per heavy atom. The second kappa shape index (κ2) is 7.81. The predicted molar refractivity (Wildman–Crippen MR) is 82.1 cm³/mol. The number of aliphatic hydroxyl groups excluding tert-OH is 1. The number of benzene rings is 1. The topological polar surface area (TPSA) is 82.3 Å². The molecule has 1 aromatic carbocycles. The fraction of sp³-hybridized carbons (Fsp3) is 0.529. The van der Waals surface area contributed by atoms with Crippen molar-refractivity contribution in [3.8, 4) is 11.8 Å². The van der Waals surface area contributed by atoms with Crippen LogP contribution in [0.2, 0.25) is 0 Å².